The number of ether oxygens (including phenoxy) is 1. The second kappa shape index (κ2) is 7.09. The van der Waals surface area contributed by atoms with E-state index < -0.39 is 12.3 Å². The Kier molecular flexibility index (Phi) is 4.41. The minimum absolute atomic E-state index is 0.0127. The number of nitrogens with zero attached hydrogens (tertiary/aromatic N) is 4. The molecule has 0 aliphatic carbocycles. The van der Waals surface area contributed by atoms with Crippen molar-refractivity contribution in [1.29, 1.82) is 0 Å². The average Bonchev–Trinajstić information content (AvgIpc) is 3.29. The zero-order valence-corrected chi connectivity index (χ0v) is 16.1. The molecule has 5 rings (SSSR count). The number of aliphatic hydroxyl groups excluding tert-OH is 1. The third kappa shape index (κ3) is 3.12. The van der Waals surface area contributed by atoms with Crippen molar-refractivity contribution in [3.05, 3.63) is 60.8 Å². The van der Waals surface area contributed by atoms with Crippen LogP contribution in [-0.4, -0.2) is 36.8 Å². The maximum absolute atomic E-state index is 10.8. The van der Waals surface area contributed by atoms with Crippen LogP contribution in [0.2, 0.25) is 0 Å². The zero-order chi connectivity index (χ0) is 20.0. The van der Waals surface area contributed by atoms with Crippen molar-refractivity contribution in [1.82, 2.24) is 19.5 Å². The summed E-state index contributed by atoms with van der Waals surface area (Å²) in [5.74, 6) is 0.440. The highest BCUT2D eigenvalue weighted by Crippen LogP contribution is 2.37. The molecule has 4 heterocycles. The van der Waals surface area contributed by atoms with Crippen molar-refractivity contribution < 1.29 is 9.84 Å². The van der Waals surface area contributed by atoms with Crippen LogP contribution in [0.1, 0.15) is 25.1 Å². The third-order valence-electron chi connectivity index (χ3n) is 5.97. The van der Waals surface area contributed by atoms with Crippen LogP contribution in [0.15, 0.2) is 55.2 Å². The van der Waals surface area contributed by atoms with Gasteiger partial charge in [0.2, 0.25) is 0 Å². The maximum atomic E-state index is 10.8. The van der Waals surface area contributed by atoms with Crippen LogP contribution >= 0.6 is 0 Å². The number of anilines is 1. The van der Waals surface area contributed by atoms with Gasteiger partial charge in [-0.1, -0.05) is 19.1 Å². The van der Waals surface area contributed by atoms with E-state index >= 15 is 0 Å². The number of nitrogens with two attached hydrogens (primary N) is 1. The Labute approximate surface area is 168 Å². The molecule has 0 radical (unpaired) electrons. The Balaban J connectivity index is 1.34. The first-order chi connectivity index (χ1) is 14.1. The summed E-state index contributed by atoms with van der Waals surface area (Å²) in [5, 5.41) is 13.9. The standard InChI is InChI=1S/C22H23N5O2/c1-13-18(5-3-14-2-4-15-6-8-24-11-16(15)10-14)29-22(19(13)28)27-9-7-17-20(23)25-12-26-21(17)27/h2,4,6-13,18-19,22,28H,3,5H2,1H3,(H2,23,25,26)/t13-,18-,19-,22-/m1/s1. The number of aliphatic hydroxyl groups is 1. The van der Waals surface area contributed by atoms with Gasteiger partial charge in [0.1, 0.15) is 23.9 Å². The van der Waals surface area contributed by atoms with Crippen LogP contribution in [0, 0.1) is 5.92 Å². The first kappa shape index (κ1) is 18.0. The molecule has 29 heavy (non-hydrogen) atoms. The van der Waals surface area contributed by atoms with Crippen molar-refractivity contribution in [2.45, 2.75) is 38.2 Å². The fourth-order valence-electron chi connectivity index (χ4n) is 4.22. The highest BCUT2D eigenvalue weighted by atomic mass is 16.5. The monoisotopic (exact) mass is 389 g/mol. The number of hydrogen-bond donors (Lipinski definition) is 2. The Hall–Kier alpha value is -3.03. The molecule has 3 aromatic heterocycles. The number of aromatic nitrogens is 4. The molecular weight excluding hydrogens is 366 g/mol. The molecule has 0 bridgehead atoms. The SMILES string of the molecule is C[C@H]1[C@@H](O)[C@H](n2ccc3c(N)ncnc32)O[C@@H]1CCc1ccc2ccncc2c1. The topological polar surface area (TPSA) is 99.1 Å². The number of fused-ring (bicyclic) bond motifs is 2. The molecule has 1 aliphatic heterocycles. The van der Waals surface area contributed by atoms with Gasteiger partial charge in [-0.25, -0.2) is 9.97 Å². The number of hydrogen-bond acceptors (Lipinski definition) is 6. The Bertz CT molecular complexity index is 1170. The lowest BCUT2D eigenvalue weighted by molar-refractivity contribution is -0.0363. The molecule has 0 amide bonds. The van der Waals surface area contributed by atoms with E-state index in [1.807, 2.05) is 36.0 Å². The molecule has 7 heteroatoms. The summed E-state index contributed by atoms with van der Waals surface area (Å²) >= 11 is 0. The molecule has 1 saturated heterocycles. The van der Waals surface area contributed by atoms with Crippen molar-refractivity contribution in [2.24, 2.45) is 5.92 Å². The Morgan fingerprint density at radius 3 is 2.97 bits per heavy atom. The summed E-state index contributed by atoms with van der Waals surface area (Å²) in [4.78, 5) is 12.6. The lowest BCUT2D eigenvalue weighted by Crippen LogP contribution is -2.24. The number of benzene rings is 1. The normalized spacial score (nSPS) is 24.5. The molecule has 4 atom stereocenters. The van der Waals surface area contributed by atoms with Crippen molar-refractivity contribution >= 4 is 27.6 Å². The van der Waals surface area contributed by atoms with Gasteiger partial charge in [-0.05, 0) is 42.0 Å². The zero-order valence-electron chi connectivity index (χ0n) is 16.1. The van der Waals surface area contributed by atoms with Gasteiger partial charge in [-0.2, -0.15) is 0 Å². The van der Waals surface area contributed by atoms with E-state index in [9.17, 15) is 5.11 Å². The van der Waals surface area contributed by atoms with Gasteiger partial charge in [-0.3, -0.25) is 4.98 Å². The highest BCUT2D eigenvalue weighted by Gasteiger charge is 2.41. The summed E-state index contributed by atoms with van der Waals surface area (Å²) < 4.78 is 8.14. The second-order valence-corrected chi connectivity index (χ2v) is 7.73. The van der Waals surface area contributed by atoms with Gasteiger partial charge in [0, 0.05) is 29.9 Å². The summed E-state index contributed by atoms with van der Waals surface area (Å²) in [6.07, 6.45) is 7.54. The van der Waals surface area contributed by atoms with E-state index in [2.05, 4.69) is 33.2 Å². The number of rotatable bonds is 4. The van der Waals surface area contributed by atoms with Crippen LogP contribution in [0.3, 0.4) is 0 Å². The second-order valence-electron chi connectivity index (χ2n) is 7.73. The molecule has 4 aromatic rings. The van der Waals surface area contributed by atoms with E-state index in [0.717, 1.165) is 23.6 Å². The molecule has 3 N–H and O–H groups in total. The molecule has 0 spiro atoms. The fraction of sp³-hybridized carbons (Fsp3) is 0.318. The summed E-state index contributed by atoms with van der Waals surface area (Å²) in [6.45, 7) is 2.04. The summed E-state index contributed by atoms with van der Waals surface area (Å²) in [6, 6.07) is 10.3. The Morgan fingerprint density at radius 1 is 1.17 bits per heavy atom. The predicted octanol–water partition coefficient (Wildman–Crippen LogP) is 3.09. The fourth-order valence-corrected chi connectivity index (χ4v) is 4.22. The Morgan fingerprint density at radius 2 is 2.07 bits per heavy atom. The van der Waals surface area contributed by atoms with Crippen LogP contribution in [0.25, 0.3) is 21.8 Å². The van der Waals surface area contributed by atoms with Crippen molar-refractivity contribution in [3.63, 3.8) is 0 Å². The number of nitrogen functional groups attached to an aromatic ring is 1. The molecule has 0 saturated carbocycles. The predicted molar refractivity (Wildman–Crippen MR) is 111 cm³/mol. The quantitative estimate of drug-likeness (QED) is 0.556. The van der Waals surface area contributed by atoms with E-state index in [1.54, 1.807) is 6.20 Å². The van der Waals surface area contributed by atoms with Crippen molar-refractivity contribution in [2.75, 3.05) is 5.73 Å². The molecular formula is C22H23N5O2. The van der Waals surface area contributed by atoms with Crippen molar-refractivity contribution in [3.8, 4) is 0 Å². The number of pyridine rings is 1. The molecule has 7 nitrogen and oxygen atoms in total. The molecule has 0 unspecified atom stereocenters. The van der Waals surface area contributed by atoms with Crippen LogP contribution in [-0.2, 0) is 11.2 Å². The third-order valence-corrected chi connectivity index (χ3v) is 5.97. The van der Waals surface area contributed by atoms with E-state index in [-0.39, 0.29) is 12.0 Å². The van der Waals surface area contributed by atoms with Crippen LogP contribution in [0.4, 0.5) is 5.82 Å². The number of aryl methyl sites for hydroxylation is 1. The first-order valence-electron chi connectivity index (χ1n) is 9.85. The lowest BCUT2D eigenvalue weighted by Gasteiger charge is -2.17. The van der Waals surface area contributed by atoms with E-state index in [0.29, 0.717) is 11.5 Å². The highest BCUT2D eigenvalue weighted by molar-refractivity contribution is 5.86. The van der Waals surface area contributed by atoms with Gasteiger partial charge in [-0.15, -0.1) is 0 Å². The molecule has 1 aliphatic rings. The average molecular weight is 389 g/mol. The minimum Gasteiger partial charge on any atom is -0.388 e. The summed E-state index contributed by atoms with van der Waals surface area (Å²) in [7, 11) is 0. The van der Waals surface area contributed by atoms with E-state index in [4.69, 9.17) is 10.5 Å². The van der Waals surface area contributed by atoms with Gasteiger partial charge in [0.25, 0.3) is 0 Å². The van der Waals surface area contributed by atoms with Crippen LogP contribution < -0.4 is 5.73 Å². The largest absolute Gasteiger partial charge is 0.388 e. The summed E-state index contributed by atoms with van der Waals surface area (Å²) in [5.41, 5.74) is 7.86. The smallest absolute Gasteiger partial charge is 0.161 e. The molecule has 148 valence electrons. The lowest BCUT2D eigenvalue weighted by atomic mass is 9.95. The van der Waals surface area contributed by atoms with Gasteiger partial charge in [0.15, 0.2) is 6.23 Å². The maximum Gasteiger partial charge on any atom is 0.161 e. The van der Waals surface area contributed by atoms with Gasteiger partial charge >= 0.3 is 0 Å². The van der Waals surface area contributed by atoms with E-state index in [1.165, 1.54) is 17.3 Å². The molecule has 1 fully saturated rings. The first-order valence-corrected chi connectivity index (χ1v) is 9.85. The molecule has 1 aromatic carbocycles. The van der Waals surface area contributed by atoms with Crippen LogP contribution in [0.5, 0.6) is 0 Å². The minimum atomic E-state index is -0.618. The van der Waals surface area contributed by atoms with Gasteiger partial charge in [0.05, 0.1) is 11.5 Å². The van der Waals surface area contributed by atoms with Gasteiger partial charge < -0.3 is 20.1 Å².